The van der Waals surface area contributed by atoms with Gasteiger partial charge >= 0.3 is 0 Å². The van der Waals surface area contributed by atoms with E-state index in [0.717, 1.165) is 0 Å². The highest BCUT2D eigenvalue weighted by Crippen LogP contribution is 2.36. The van der Waals surface area contributed by atoms with Gasteiger partial charge in [-0.15, -0.1) is 0 Å². The lowest BCUT2D eigenvalue weighted by Crippen LogP contribution is -2.18. The summed E-state index contributed by atoms with van der Waals surface area (Å²) in [5.41, 5.74) is 1.14. The van der Waals surface area contributed by atoms with Gasteiger partial charge in [0, 0.05) is 0 Å². The van der Waals surface area contributed by atoms with Crippen molar-refractivity contribution in [2.24, 2.45) is 0 Å². The molecule has 0 saturated carbocycles. The molecule has 4 aromatic rings. The van der Waals surface area contributed by atoms with Gasteiger partial charge in [-0.05, 0) is 58.7 Å². The van der Waals surface area contributed by atoms with Crippen LogP contribution in [0.3, 0.4) is 0 Å². The van der Waals surface area contributed by atoms with Gasteiger partial charge in [0.05, 0.1) is 12.2 Å². The van der Waals surface area contributed by atoms with Crippen molar-refractivity contribution in [2.75, 3.05) is 0 Å². The van der Waals surface area contributed by atoms with Gasteiger partial charge in [0.1, 0.15) is 0 Å². The van der Waals surface area contributed by atoms with Crippen LogP contribution in [-0.4, -0.2) is 5.60 Å². The Morgan fingerprint density at radius 3 is 2.00 bits per heavy atom. The van der Waals surface area contributed by atoms with E-state index < -0.39 is 0 Å². The summed E-state index contributed by atoms with van der Waals surface area (Å²) < 4.78 is 6.01. The van der Waals surface area contributed by atoms with E-state index in [1.807, 2.05) is 0 Å². The van der Waals surface area contributed by atoms with E-state index in [1.54, 1.807) is 0 Å². The first-order valence-electron chi connectivity index (χ1n) is 7.82. The van der Waals surface area contributed by atoms with E-state index in [4.69, 9.17) is 4.74 Å². The second kappa shape index (κ2) is 4.69. The van der Waals surface area contributed by atoms with Crippen LogP contribution in [-0.2, 0) is 11.3 Å². The molecule has 0 aromatic heterocycles. The molecule has 0 amide bonds. The van der Waals surface area contributed by atoms with Gasteiger partial charge in [0.25, 0.3) is 0 Å². The molecule has 0 N–H and O–H groups in total. The van der Waals surface area contributed by atoms with Crippen molar-refractivity contribution in [1.29, 1.82) is 0 Å². The standard InChI is InChI=1S/C21H20O/c1-21(2,3)22-13-17-10-9-16-8-7-14-5-4-6-15-11-12-18(17)20(16)19(14)15/h4-12H,13H2,1-3H3. The minimum absolute atomic E-state index is 0.121. The normalized spacial score (nSPS) is 12.7. The van der Waals surface area contributed by atoms with Crippen LogP contribution in [0.2, 0.25) is 0 Å². The van der Waals surface area contributed by atoms with Crippen molar-refractivity contribution in [3.8, 4) is 0 Å². The Morgan fingerprint density at radius 1 is 0.727 bits per heavy atom. The smallest absolute Gasteiger partial charge is 0.0730 e. The Kier molecular flexibility index (Phi) is 2.88. The van der Waals surface area contributed by atoms with E-state index in [9.17, 15) is 0 Å². The van der Waals surface area contributed by atoms with E-state index in [2.05, 4.69) is 75.4 Å². The first-order chi connectivity index (χ1) is 10.5. The van der Waals surface area contributed by atoms with Crippen LogP contribution in [0.25, 0.3) is 32.3 Å². The molecule has 4 rings (SSSR count). The zero-order valence-corrected chi connectivity index (χ0v) is 13.3. The maximum absolute atomic E-state index is 6.01. The van der Waals surface area contributed by atoms with Crippen molar-refractivity contribution in [2.45, 2.75) is 33.0 Å². The molecule has 0 fully saturated rings. The summed E-state index contributed by atoms with van der Waals surface area (Å²) in [6, 6.07) is 19.8. The number of hydrogen-bond donors (Lipinski definition) is 0. The third-order valence-corrected chi connectivity index (χ3v) is 4.28. The van der Waals surface area contributed by atoms with Gasteiger partial charge in [0.2, 0.25) is 0 Å². The summed E-state index contributed by atoms with van der Waals surface area (Å²) in [6.07, 6.45) is 0. The fourth-order valence-electron chi connectivity index (χ4n) is 3.22. The molecule has 0 aliphatic heterocycles. The second-order valence-electron chi connectivity index (χ2n) is 6.98. The Bertz CT molecular complexity index is 944. The lowest BCUT2D eigenvalue weighted by atomic mass is 9.92. The molecule has 1 nitrogen and oxygen atoms in total. The van der Waals surface area contributed by atoms with Gasteiger partial charge in [-0.25, -0.2) is 0 Å². The van der Waals surface area contributed by atoms with Crippen molar-refractivity contribution < 1.29 is 4.74 Å². The van der Waals surface area contributed by atoms with Crippen LogP contribution in [0.15, 0.2) is 54.6 Å². The average Bonchev–Trinajstić information content (AvgIpc) is 2.50. The molecule has 0 heterocycles. The predicted octanol–water partition coefficient (Wildman–Crippen LogP) is 5.90. The molecule has 22 heavy (non-hydrogen) atoms. The summed E-state index contributed by atoms with van der Waals surface area (Å²) in [5, 5.41) is 7.97. The summed E-state index contributed by atoms with van der Waals surface area (Å²) in [5.74, 6) is 0. The topological polar surface area (TPSA) is 9.23 Å². The Labute approximate surface area is 130 Å². The minimum Gasteiger partial charge on any atom is -0.371 e. The minimum atomic E-state index is -0.121. The van der Waals surface area contributed by atoms with E-state index in [1.165, 1.54) is 37.9 Å². The van der Waals surface area contributed by atoms with E-state index in [0.29, 0.717) is 6.61 Å². The van der Waals surface area contributed by atoms with Crippen molar-refractivity contribution >= 4 is 32.3 Å². The SMILES string of the molecule is CC(C)(C)OCc1ccc2ccc3cccc4ccc1c2c34. The Morgan fingerprint density at radius 2 is 1.32 bits per heavy atom. The van der Waals surface area contributed by atoms with Crippen LogP contribution < -0.4 is 0 Å². The lowest BCUT2D eigenvalue weighted by Gasteiger charge is -2.21. The molecular formula is C21H20O. The second-order valence-corrected chi connectivity index (χ2v) is 6.98. The molecule has 1 heteroatoms. The van der Waals surface area contributed by atoms with Gasteiger partial charge in [-0.3, -0.25) is 0 Å². The maximum Gasteiger partial charge on any atom is 0.0730 e. The largest absolute Gasteiger partial charge is 0.371 e. The summed E-state index contributed by atoms with van der Waals surface area (Å²) >= 11 is 0. The molecule has 0 saturated heterocycles. The molecule has 0 atom stereocenters. The van der Waals surface area contributed by atoms with Crippen molar-refractivity contribution in [3.63, 3.8) is 0 Å². The highest BCUT2D eigenvalue weighted by atomic mass is 16.5. The molecule has 0 unspecified atom stereocenters. The molecule has 110 valence electrons. The monoisotopic (exact) mass is 288 g/mol. The molecule has 0 aliphatic carbocycles. The Hall–Kier alpha value is -2.12. The third kappa shape index (κ3) is 2.13. The summed E-state index contributed by atoms with van der Waals surface area (Å²) in [7, 11) is 0. The summed E-state index contributed by atoms with van der Waals surface area (Å²) in [6.45, 7) is 6.95. The van der Waals surface area contributed by atoms with Gasteiger partial charge < -0.3 is 4.74 Å². The molecule has 4 aromatic carbocycles. The number of hydrogen-bond acceptors (Lipinski definition) is 1. The average molecular weight is 288 g/mol. The maximum atomic E-state index is 6.01. The van der Waals surface area contributed by atoms with Crippen LogP contribution in [0.5, 0.6) is 0 Å². The lowest BCUT2D eigenvalue weighted by molar-refractivity contribution is -0.0144. The van der Waals surface area contributed by atoms with E-state index >= 15 is 0 Å². The van der Waals surface area contributed by atoms with Crippen LogP contribution >= 0.6 is 0 Å². The quantitative estimate of drug-likeness (QED) is 0.417. The van der Waals surface area contributed by atoms with Gasteiger partial charge in [-0.2, -0.15) is 0 Å². The van der Waals surface area contributed by atoms with E-state index in [-0.39, 0.29) is 5.60 Å². The fraction of sp³-hybridized carbons (Fsp3) is 0.238. The highest BCUT2D eigenvalue weighted by molar-refractivity contribution is 6.23. The molecule has 0 aliphatic rings. The molecule has 0 bridgehead atoms. The number of rotatable bonds is 2. The first-order valence-corrected chi connectivity index (χ1v) is 7.82. The number of ether oxygens (including phenoxy) is 1. The number of benzene rings is 4. The molecule has 0 spiro atoms. The van der Waals surface area contributed by atoms with Crippen LogP contribution in [0.1, 0.15) is 26.3 Å². The zero-order valence-electron chi connectivity index (χ0n) is 13.3. The zero-order chi connectivity index (χ0) is 15.3. The summed E-state index contributed by atoms with van der Waals surface area (Å²) in [4.78, 5) is 0. The van der Waals surface area contributed by atoms with Gasteiger partial charge in [-0.1, -0.05) is 54.6 Å². The predicted molar refractivity (Wildman–Crippen MR) is 94.7 cm³/mol. The highest BCUT2D eigenvalue weighted by Gasteiger charge is 2.14. The van der Waals surface area contributed by atoms with Crippen molar-refractivity contribution in [3.05, 3.63) is 60.2 Å². The van der Waals surface area contributed by atoms with Crippen molar-refractivity contribution in [1.82, 2.24) is 0 Å². The Balaban J connectivity index is 2.00. The van der Waals surface area contributed by atoms with Gasteiger partial charge in [0.15, 0.2) is 0 Å². The first kappa shape index (κ1) is 13.5. The molecule has 0 radical (unpaired) electrons. The fourth-order valence-corrected chi connectivity index (χ4v) is 3.22. The van der Waals surface area contributed by atoms with Crippen LogP contribution in [0, 0.1) is 0 Å². The molecular weight excluding hydrogens is 268 g/mol. The van der Waals surface area contributed by atoms with Crippen LogP contribution in [0.4, 0.5) is 0 Å². The third-order valence-electron chi connectivity index (χ3n) is 4.28.